The molecule has 0 fully saturated rings. The van der Waals surface area contributed by atoms with Crippen LogP contribution in [0.25, 0.3) is 28.5 Å². The fraction of sp³-hybridized carbons (Fsp3) is 0.0769. The third-order valence-electron chi connectivity index (χ3n) is 5.39. The lowest BCUT2D eigenvalue weighted by Gasteiger charge is -2.09. The number of furan rings is 3. The van der Waals surface area contributed by atoms with Gasteiger partial charge in [0.25, 0.3) is 0 Å². The smallest absolute Gasteiger partial charge is 0.238 e. The average molecular weight is 500 g/mol. The van der Waals surface area contributed by atoms with E-state index in [-0.39, 0.29) is 11.4 Å². The average Bonchev–Trinajstić information content (AvgIpc) is 3.60. The first-order chi connectivity index (χ1) is 16.1. The van der Waals surface area contributed by atoms with E-state index in [9.17, 15) is 5.26 Å². The molecule has 0 radical (unpaired) electrons. The van der Waals surface area contributed by atoms with Crippen LogP contribution < -0.4 is 0 Å². The van der Waals surface area contributed by atoms with Gasteiger partial charge in [-0.2, -0.15) is 5.26 Å². The van der Waals surface area contributed by atoms with Crippen molar-refractivity contribution in [3.05, 3.63) is 94.1 Å². The number of hydrogen-bond donors (Lipinski definition) is 0. The van der Waals surface area contributed by atoms with Crippen molar-refractivity contribution in [2.45, 2.75) is 13.8 Å². The summed E-state index contributed by atoms with van der Waals surface area (Å²) in [6.45, 7) is 4.08. The van der Waals surface area contributed by atoms with Crippen molar-refractivity contribution in [1.29, 1.82) is 5.26 Å². The number of nitriles is 1. The van der Waals surface area contributed by atoms with Crippen molar-refractivity contribution in [2.75, 3.05) is 0 Å². The van der Waals surface area contributed by atoms with E-state index in [2.05, 4.69) is 49.8 Å². The van der Waals surface area contributed by atoms with Crippen LogP contribution in [0.15, 0.2) is 89.8 Å². The van der Waals surface area contributed by atoms with Crippen molar-refractivity contribution < 1.29 is 13.3 Å². The summed E-state index contributed by atoms with van der Waals surface area (Å²) in [5, 5.41) is 9.92. The number of rotatable bonds is 5. The SMILES string of the molecule is Cc1cc(C=Nc2oc(-c3ccco3)c(-c3ccco3)c2C#N)c(C)n1-c1ccc(Br)cc1. The molecule has 7 heteroatoms. The molecule has 162 valence electrons. The highest BCUT2D eigenvalue weighted by atomic mass is 79.9. The Balaban J connectivity index is 1.59. The summed E-state index contributed by atoms with van der Waals surface area (Å²) in [5.41, 5.74) is 4.89. The Kier molecular flexibility index (Phi) is 5.37. The van der Waals surface area contributed by atoms with Crippen LogP contribution in [0.5, 0.6) is 0 Å². The second-order valence-electron chi connectivity index (χ2n) is 7.45. The zero-order valence-corrected chi connectivity index (χ0v) is 19.5. The van der Waals surface area contributed by atoms with Gasteiger partial charge in [0.05, 0.1) is 18.1 Å². The lowest BCUT2D eigenvalue weighted by atomic mass is 10.1. The van der Waals surface area contributed by atoms with Gasteiger partial charge in [0.1, 0.15) is 17.4 Å². The number of aromatic nitrogens is 1. The zero-order valence-electron chi connectivity index (χ0n) is 17.9. The van der Waals surface area contributed by atoms with Gasteiger partial charge in [-0.15, -0.1) is 0 Å². The van der Waals surface area contributed by atoms with Gasteiger partial charge >= 0.3 is 0 Å². The Labute approximate surface area is 198 Å². The fourth-order valence-electron chi connectivity index (χ4n) is 3.88. The van der Waals surface area contributed by atoms with Gasteiger partial charge in [0, 0.05) is 33.3 Å². The first kappa shape index (κ1) is 20.9. The van der Waals surface area contributed by atoms with Gasteiger partial charge < -0.3 is 17.8 Å². The molecule has 0 bridgehead atoms. The molecule has 5 aromatic rings. The number of benzene rings is 1. The summed E-state index contributed by atoms with van der Waals surface area (Å²) >= 11 is 3.48. The van der Waals surface area contributed by atoms with Crippen molar-refractivity contribution in [3.63, 3.8) is 0 Å². The highest BCUT2D eigenvalue weighted by Gasteiger charge is 2.26. The molecule has 4 heterocycles. The molecule has 0 saturated carbocycles. The van der Waals surface area contributed by atoms with Gasteiger partial charge in [-0.1, -0.05) is 15.9 Å². The largest absolute Gasteiger partial charge is 0.464 e. The number of aryl methyl sites for hydroxylation is 1. The van der Waals surface area contributed by atoms with Crippen LogP contribution in [0, 0.1) is 25.2 Å². The quantitative estimate of drug-likeness (QED) is 0.233. The molecule has 4 aromatic heterocycles. The van der Waals surface area contributed by atoms with Crippen LogP contribution in [0.1, 0.15) is 22.5 Å². The van der Waals surface area contributed by atoms with E-state index in [0.717, 1.165) is 27.1 Å². The summed E-state index contributed by atoms with van der Waals surface area (Å²) < 4.78 is 20.3. The van der Waals surface area contributed by atoms with E-state index < -0.39 is 0 Å². The molecule has 0 aliphatic heterocycles. The number of hydrogen-bond acceptors (Lipinski definition) is 5. The van der Waals surface area contributed by atoms with Gasteiger partial charge in [-0.3, -0.25) is 0 Å². The molecule has 0 atom stereocenters. The predicted molar refractivity (Wildman–Crippen MR) is 129 cm³/mol. The van der Waals surface area contributed by atoms with Gasteiger partial charge in [-0.05, 0) is 68.4 Å². The third kappa shape index (κ3) is 3.75. The topological polar surface area (TPSA) is 80.5 Å². The second kappa shape index (κ2) is 8.49. The summed E-state index contributed by atoms with van der Waals surface area (Å²) in [7, 11) is 0. The minimum absolute atomic E-state index is 0.198. The highest BCUT2D eigenvalue weighted by molar-refractivity contribution is 9.10. The van der Waals surface area contributed by atoms with Gasteiger partial charge in [-0.25, -0.2) is 4.99 Å². The molecule has 1 aromatic carbocycles. The maximum atomic E-state index is 9.92. The van der Waals surface area contributed by atoms with E-state index in [4.69, 9.17) is 13.3 Å². The van der Waals surface area contributed by atoms with Crippen molar-refractivity contribution in [3.8, 4) is 34.6 Å². The summed E-state index contributed by atoms with van der Waals surface area (Å²) in [5.74, 6) is 1.60. The first-order valence-electron chi connectivity index (χ1n) is 10.2. The predicted octanol–water partition coefficient (Wildman–Crippen LogP) is 7.59. The van der Waals surface area contributed by atoms with E-state index in [1.165, 1.54) is 0 Å². The maximum absolute atomic E-state index is 9.92. The van der Waals surface area contributed by atoms with Gasteiger partial charge in [0.2, 0.25) is 5.88 Å². The lowest BCUT2D eigenvalue weighted by molar-refractivity contribution is 0.527. The second-order valence-corrected chi connectivity index (χ2v) is 8.36. The molecular formula is C26H18BrN3O3. The van der Waals surface area contributed by atoms with Crippen LogP contribution >= 0.6 is 15.9 Å². The molecule has 0 aliphatic rings. The Morgan fingerprint density at radius 1 is 1.00 bits per heavy atom. The third-order valence-corrected chi connectivity index (χ3v) is 5.92. The standard InChI is InChI=1S/C26H18BrN3O3/c1-16-13-18(17(2)30(16)20-9-7-19(27)8-10-20)15-29-26-21(14-28)24(22-5-3-11-31-22)25(33-26)23-6-4-12-32-23/h3-13,15H,1-2H3. The molecule has 0 aliphatic carbocycles. The molecule has 0 unspecified atom stereocenters. The number of halogens is 1. The van der Waals surface area contributed by atoms with E-state index in [0.29, 0.717) is 22.8 Å². The number of aliphatic imine (C=N–C) groups is 1. The molecule has 0 spiro atoms. The summed E-state index contributed by atoms with van der Waals surface area (Å²) in [6, 6.07) is 19.5. The molecule has 6 nitrogen and oxygen atoms in total. The Morgan fingerprint density at radius 2 is 1.70 bits per heavy atom. The first-order valence-corrected chi connectivity index (χ1v) is 11.0. The number of nitrogens with zero attached hydrogens (tertiary/aromatic N) is 3. The van der Waals surface area contributed by atoms with Crippen molar-refractivity contribution in [2.24, 2.45) is 4.99 Å². The summed E-state index contributed by atoms with van der Waals surface area (Å²) in [4.78, 5) is 4.55. The van der Waals surface area contributed by atoms with E-state index >= 15 is 0 Å². The molecule has 5 rings (SSSR count). The lowest BCUT2D eigenvalue weighted by Crippen LogP contribution is -1.99. The summed E-state index contributed by atoms with van der Waals surface area (Å²) in [6.07, 6.45) is 4.82. The minimum Gasteiger partial charge on any atom is -0.464 e. The van der Waals surface area contributed by atoms with Crippen LogP contribution in [-0.2, 0) is 0 Å². The Hall–Kier alpha value is -4.02. The maximum Gasteiger partial charge on any atom is 0.238 e. The molecule has 33 heavy (non-hydrogen) atoms. The van der Waals surface area contributed by atoms with E-state index in [1.54, 1.807) is 43.0 Å². The molecule has 0 N–H and O–H groups in total. The highest BCUT2D eigenvalue weighted by Crippen LogP contribution is 2.42. The zero-order chi connectivity index (χ0) is 22.9. The van der Waals surface area contributed by atoms with Crippen molar-refractivity contribution in [1.82, 2.24) is 4.57 Å². The van der Waals surface area contributed by atoms with Crippen LogP contribution in [-0.4, -0.2) is 10.8 Å². The molecule has 0 amide bonds. The minimum atomic E-state index is 0.198. The molecular weight excluding hydrogens is 482 g/mol. The Bertz CT molecular complexity index is 1480. The Morgan fingerprint density at radius 3 is 2.33 bits per heavy atom. The monoisotopic (exact) mass is 499 g/mol. The molecule has 0 saturated heterocycles. The normalized spacial score (nSPS) is 11.3. The van der Waals surface area contributed by atoms with Gasteiger partial charge in [0.15, 0.2) is 11.5 Å². The van der Waals surface area contributed by atoms with E-state index in [1.807, 2.05) is 26.0 Å². The fourth-order valence-corrected chi connectivity index (χ4v) is 4.15. The van der Waals surface area contributed by atoms with Crippen molar-refractivity contribution >= 4 is 28.0 Å². The van der Waals surface area contributed by atoms with Crippen LogP contribution in [0.4, 0.5) is 5.88 Å². The van der Waals surface area contributed by atoms with Crippen LogP contribution in [0.2, 0.25) is 0 Å². The van der Waals surface area contributed by atoms with Crippen LogP contribution in [0.3, 0.4) is 0 Å².